The molecule has 3 heteroatoms. The molecule has 1 unspecified atom stereocenters. The molecule has 1 aromatic rings. The number of nitrogens with zero attached hydrogens (tertiary/aromatic N) is 1. The molecule has 2 nitrogen and oxygen atoms in total. The Hall–Kier alpha value is -1.40. The monoisotopic (exact) mass is 165 g/mol. The summed E-state index contributed by atoms with van der Waals surface area (Å²) in [7, 11) is 0. The van der Waals surface area contributed by atoms with Gasteiger partial charge in [-0.15, -0.1) is 0 Å². The van der Waals surface area contributed by atoms with Gasteiger partial charge in [0.1, 0.15) is 11.9 Å². The highest BCUT2D eigenvalue weighted by Gasteiger charge is 2.21. The van der Waals surface area contributed by atoms with Crippen molar-refractivity contribution >= 4 is 0 Å². The van der Waals surface area contributed by atoms with E-state index in [0.717, 1.165) is 0 Å². The predicted molar refractivity (Wildman–Crippen MR) is 41.6 cm³/mol. The lowest BCUT2D eigenvalue weighted by Gasteiger charge is -2.13. The second-order valence-corrected chi connectivity index (χ2v) is 2.69. The van der Waals surface area contributed by atoms with Crippen molar-refractivity contribution in [3.05, 3.63) is 35.6 Å². The van der Waals surface area contributed by atoms with Crippen LogP contribution in [-0.4, -0.2) is 5.11 Å². The molecular weight excluding hydrogens is 157 g/mol. The van der Waals surface area contributed by atoms with Gasteiger partial charge in [-0.2, -0.15) is 5.26 Å². The van der Waals surface area contributed by atoms with E-state index in [1.807, 2.05) is 0 Å². The highest BCUT2D eigenvalue weighted by atomic mass is 19.1. The van der Waals surface area contributed by atoms with Crippen molar-refractivity contribution in [1.82, 2.24) is 0 Å². The first-order valence-corrected chi connectivity index (χ1v) is 3.46. The number of hydrogen-bond donors (Lipinski definition) is 1. The highest BCUT2D eigenvalue weighted by molar-refractivity contribution is 5.27. The van der Waals surface area contributed by atoms with Gasteiger partial charge in [0.25, 0.3) is 0 Å². The number of nitriles is 1. The second-order valence-electron chi connectivity index (χ2n) is 2.69. The molecule has 0 aliphatic carbocycles. The lowest BCUT2D eigenvalue weighted by molar-refractivity contribution is 0.119. The van der Waals surface area contributed by atoms with E-state index in [1.165, 1.54) is 31.2 Å². The fourth-order valence-corrected chi connectivity index (χ4v) is 0.839. The number of aliphatic hydroxyl groups is 1. The Kier molecular flexibility index (Phi) is 2.11. The molecule has 0 radical (unpaired) electrons. The zero-order valence-electron chi connectivity index (χ0n) is 6.58. The van der Waals surface area contributed by atoms with Crippen LogP contribution in [0.4, 0.5) is 4.39 Å². The summed E-state index contributed by atoms with van der Waals surface area (Å²) in [5.74, 6) is -0.382. The van der Waals surface area contributed by atoms with Crippen LogP contribution >= 0.6 is 0 Å². The third-order valence-corrected chi connectivity index (χ3v) is 1.62. The quantitative estimate of drug-likeness (QED) is 0.641. The minimum absolute atomic E-state index is 0.382. The van der Waals surface area contributed by atoms with Crippen molar-refractivity contribution < 1.29 is 9.50 Å². The molecule has 62 valence electrons. The van der Waals surface area contributed by atoms with Crippen molar-refractivity contribution in [2.24, 2.45) is 0 Å². The maximum Gasteiger partial charge on any atom is 0.173 e. The summed E-state index contributed by atoms with van der Waals surface area (Å²) in [5, 5.41) is 17.9. The van der Waals surface area contributed by atoms with Crippen molar-refractivity contribution in [2.45, 2.75) is 12.5 Å². The zero-order chi connectivity index (χ0) is 9.19. The Bertz CT molecular complexity index is 310. The Labute approximate surface area is 69.9 Å². The number of rotatable bonds is 1. The van der Waals surface area contributed by atoms with Gasteiger partial charge in [0.15, 0.2) is 5.60 Å². The molecule has 0 aliphatic heterocycles. The Balaban J connectivity index is 3.07. The van der Waals surface area contributed by atoms with Gasteiger partial charge in [-0.05, 0) is 24.6 Å². The van der Waals surface area contributed by atoms with Crippen molar-refractivity contribution in [2.75, 3.05) is 0 Å². The maximum atomic E-state index is 12.4. The summed E-state index contributed by atoms with van der Waals surface area (Å²) in [6.07, 6.45) is 0. The molecule has 0 saturated carbocycles. The van der Waals surface area contributed by atoms with Gasteiger partial charge in [0.05, 0.1) is 0 Å². The molecule has 0 fully saturated rings. The normalized spacial score (nSPS) is 14.8. The van der Waals surface area contributed by atoms with E-state index < -0.39 is 5.60 Å². The van der Waals surface area contributed by atoms with Crippen LogP contribution in [0, 0.1) is 17.1 Å². The average molecular weight is 165 g/mol. The van der Waals surface area contributed by atoms with E-state index in [0.29, 0.717) is 5.56 Å². The molecule has 0 bridgehead atoms. The molecule has 12 heavy (non-hydrogen) atoms. The Morgan fingerprint density at radius 2 is 1.92 bits per heavy atom. The topological polar surface area (TPSA) is 44.0 Å². The fraction of sp³-hybridized carbons (Fsp3) is 0.222. The SMILES string of the molecule is CC(O)(C#N)c1ccc(F)cc1. The third-order valence-electron chi connectivity index (χ3n) is 1.62. The molecule has 0 aromatic heterocycles. The maximum absolute atomic E-state index is 12.4. The van der Waals surface area contributed by atoms with Crippen LogP contribution in [0.1, 0.15) is 12.5 Å². The van der Waals surface area contributed by atoms with E-state index in [9.17, 15) is 9.50 Å². The Morgan fingerprint density at radius 1 is 1.42 bits per heavy atom. The Morgan fingerprint density at radius 3 is 2.33 bits per heavy atom. The fourth-order valence-electron chi connectivity index (χ4n) is 0.839. The third kappa shape index (κ3) is 1.60. The van der Waals surface area contributed by atoms with Crippen molar-refractivity contribution in [3.8, 4) is 6.07 Å². The number of hydrogen-bond acceptors (Lipinski definition) is 2. The zero-order valence-corrected chi connectivity index (χ0v) is 6.58. The highest BCUT2D eigenvalue weighted by Crippen LogP contribution is 2.18. The number of halogens is 1. The van der Waals surface area contributed by atoms with Crippen LogP contribution in [0.25, 0.3) is 0 Å². The summed E-state index contributed by atoms with van der Waals surface area (Å²) >= 11 is 0. The average Bonchev–Trinajstić information content (AvgIpc) is 2.05. The summed E-state index contributed by atoms with van der Waals surface area (Å²) in [5.41, 5.74) is -1.14. The van der Waals surface area contributed by atoms with Crippen molar-refractivity contribution in [1.29, 1.82) is 5.26 Å². The van der Waals surface area contributed by atoms with Gasteiger partial charge in [-0.25, -0.2) is 4.39 Å². The lowest BCUT2D eigenvalue weighted by atomic mass is 9.98. The molecule has 1 N–H and O–H groups in total. The summed E-state index contributed by atoms with van der Waals surface area (Å²) in [6, 6.07) is 6.90. The molecule has 1 atom stereocenters. The molecule has 0 spiro atoms. The predicted octanol–water partition coefficient (Wildman–Crippen LogP) is 1.56. The largest absolute Gasteiger partial charge is 0.372 e. The van der Waals surface area contributed by atoms with Gasteiger partial charge in [0.2, 0.25) is 0 Å². The van der Waals surface area contributed by atoms with Gasteiger partial charge in [-0.1, -0.05) is 12.1 Å². The number of benzene rings is 1. The van der Waals surface area contributed by atoms with Gasteiger partial charge < -0.3 is 5.11 Å². The molecule has 0 heterocycles. The van der Waals surface area contributed by atoms with Gasteiger partial charge >= 0.3 is 0 Å². The van der Waals surface area contributed by atoms with E-state index in [4.69, 9.17) is 5.26 Å². The first kappa shape index (κ1) is 8.69. The molecule has 1 rings (SSSR count). The van der Waals surface area contributed by atoms with E-state index in [2.05, 4.69) is 0 Å². The van der Waals surface area contributed by atoms with Gasteiger partial charge in [-0.3, -0.25) is 0 Å². The first-order chi connectivity index (χ1) is 5.56. The minimum Gasteiger partial charge on any atom is -0.372 e. The van der Waals surface area contributed by atoms with Crippen molar-refractivity contribution in [3.63, 3.8) is 0 Å². The molecular formula is C9H8FNO. The summed E-state index contributed by atoms with van der Waals surface area (Å²) in [6.45, 7) is 1.36. The van der Waals surface area contributed by atoms with Crippen LogP contribution in [0.3, 0.4) is 0 Å². The second kappa shape index (κ2) is 2.92. The van der Waals surface area contributed by atoms with Crippen LogP contribution in [0.15, 0.2) is 24.3 Å². The molecule has 1 aromatic carbocycles. The van der Waals surface area contributed by atoms with E-state index in [-0.39, 0.29) is 5.82 Å². The first-order valence-electron chi connectivity index (χ1n) is 3.46. The molecule has 0 saturated heterocycles. The van der Waals surface area contributed by atoms with Crippen LogP contribution in [0.2, 0.25) is 0 Å². The van der Waals surface area contributed by atoms with E-state index >= 15 is 0 Å². The van der Waals surface area contributed by atoms with E-state index in [1.54, 1.807) is 6.07 Å². The van der Waals surface area contributed by atoms with Crippen LogP contribution in [0.5, 0.6) is 0 Å². The van der Waals surface area contributed by atoms with Crippen LogP contribution in [-0.2, 0) is 5.60 Å². The van der Waals surface area contributed by atoms with Gasteiger partial charge in [0, 0.05) is 0 Å². The lowest BCUT2D eigenvalue weighted by Crippen LogP contribution is -2.17. The summed E-state index contributed by atoms with van der Waals surface area (Å²) < 4.78 is 12.4. The molecule has 0 aliphatic rings. The smallest absolute Gasteiger partial charge is 0.173 e. The molecule has 0 amide bonds. The van der Waals surface area contributed by atoms with Crippen LogP contribution < -0.4 is 0 Å². The summed E-state index contributed by atoms with van der Waals surface area (Å²) in [4.78, 5) is 0. The standard InChI is InChI=1S/C9H8FNO/c1-9(12,6-11)7-2-4-8(10)5-3-7/h2-5,12H,1H3. The minimum atomic E-state index is -1.53.